The van der Waals surface area contributed by atoms with Gasteiger partial charge in [-0.1, -0.05) is 23.3 Å². The van der Waals surface area contributed by atoms with Crippen LogP contribution in [0.15, 0.2) is 35.0 Å². The number of nitrogens with one attached hydrogen (secondary N) is 2. The van der Waals surface area contributed by atoms with Crippen molar-refractivity contribution in [3.05, 3.63) is 35.0 Å². The smallest absolute Gasteiger partial charge is 0.296 e. The number of ether oxygens (including phenoxy) is 3. The Kier molecular flexibility index (Phi) is 5.81. The van der Waals surface area contributed by atoms with Crippen molar-refractivity contribution >= 4 is 35.3 Å². The van der Waals surface area contributed by atoms with E-state index in [0.29, 0.717) is 41.2 Å². The van der Waals surface area contributed by atoms with Gasteiger partial charge in [-0.3, -0.25) is 4.99 Å². The minimum Gasteiger partial charge on any atom is -0.456 e. The van der Waals surface area contributed by atoms with Crippen LogP contribution in [0.5, 0.6) is 6.01 Å². The molecule has 0 saturated carbocycles. The van der Waals surface area contributed by atoms with Crippen LogP contribution in [0.2, 0.25) is 5.02 Å². The second-order valence-corrected chi connectivity index (χ2v) is 7.35. The number of fused-ring (bicyclic) bond motifs is 2. The Morgan fingerprint density at radius 3 is 3.10 bits per heavy atom. The molecule has 2 saturated heterocycles. The van der Waals surface area contributed by atoms with Crippen molar-refractivity contribution in [1.29, 1.82) is 0 Å². The number of halogens is 1. The quantitative estimate of drug-likeness (QED) is 0.465. The molecule has 2 fully saturated rings. The largest absolute Gasteiger partial charge is 0.456 e. The third-order valence-electron chi connectivity index (χ3n) is 4.76. The first-order chi connectivity index (χ1) is 14.0. The maximum Gasteiger partial charge on any atom is 0.296 e. The van der Waals surface area contributed by atoms with Crippen LogP contribution in [-0.2, 0) is 9.47 Å². The highest BCUT2D eigenvalue weighted by molar-refractivity contribution is 6.33. The average molecular weight is 420 g/mol. The lowest BCUT2D eigenvalue weighted by Gasteiger charge is -2.15. The molecule has 0 radical (unpaired) electrons. The highest BCUT2D eigenvalue weighted by Gasteiger charge is 2.48. The molecule has 4 atom stereocenters. The summed E-state index contributed by atoms with van der Waals surface area (Å²) >= 11 is 6.34. The van der Waals surface area contributed by atoms with E-state index in [-0.39, 0.29) is 24.9 Å². The van der Waals surface area contributed by atoms with Crippen LogP contribution in [0.4, 0.5) is 5.82 Å². The fraction of sp³-hybridized carbons (Fsp3) is 0.421. The summed E-state index contributed by atoms with van der Waals surface area (Å²) < 4.78 is 17.0. The zero-order valence-corrected chi connectivity index (χ0v) is 16.6. The lowest BCUT2D eigenvalue weighted by Crippen LogP contribution is -2.34. The SMILES string of the molecule is C=N/C=C\C=C(/C)CNc1nc2nc(O[C@@H]3CO[C@H]4[C@@H]3OC[C@H]4O)[nH]c2cc1Cl. The van der Waals surface area contributed by atoms with Crippen molar-refractivity contribution in [2.45, 2.75) is 31.3 Å². The first kappa shape index (κ1) is 19.8. The Labute approximate surface area is 172 Å². The number of aliphatic hydroxyl groups is 1. The lowest BCUT2D eigenvalue weighted by atomic mass is 10.1. The van der Waals surface area contributed by atoms with E-state index in [0.717, 1.165) is 5.57 Å². The summed E-state index contributed by atoms with van der Waals surface area (Å²) in [6.45, 7) is 6.50. The summed E-state index contributed by atoms with van der Waals surface area (Å²) in [5.74, 6) is 0.530. The molecule has 4 rings (SSSR count). The minimum atomic E-state index is -0.626. The zero-order chi connectivity index (χ0) is 20.4. The number of H-pyrrole nitrogens is 1. The molecular weight excluding hydrogens is 398 g/mol. The monoisotopic (exact) mass is 419 g/mol. The topological polar surface area (TPSA) is 114 Å². The molecule has 0 aromatic carbocycles. The van der Waals surface area contributed by atoms with Crippen LogP contribution < -0.4 is 10.1 Å². The molecule has 10 heteroatoms. The molecule has 9 nitrogen and oxygen atoms in total. The number of imidazole rings is 1. The van der Waals surface area contributed by atoms with E-state index in [4.69, 9.17) is 25.8 Å². The normalized spacial score (nSPS) is 26.9. The van der Waals surface area contributed by atoms with E-state index >= 15 is 0 Å². The number of hydrogen-bond acceptors (Lipinski definition) is 8. The lowest BCUT2D eigenvalue weighted by molar-refractivity contribution is 0.00706. The first-order valence-corrected chi connectivity index (χ1v) is 9.59. The molecule has 0 spiro atoms. The third-order valence-corrected chi connectivity index (χ3v) is 5.04. The predicted octanol–water partition coefficient (Wildman–Crippen LogP) is 2.09. The molecule has 4 heterocycles. The van der Waals surface area contributed by atoms with Gasteiger partial charge in [0.05, 0.1) is 23.8 Å². The van der Waals surface area contributed by atoms with Gasteiger partial charge in [-0.2, -0.15) is 4.98 Å². The molecule has 2 aliphatic heterocycles. The van der Waals surface area contributed by atoms with Crippen molar-refractivity contribution in [1.82, 2.24) is 15.0 Å². The number of pyridine rings is 1. The molecule has 0 aliphatic carbocycles. The van der Waals surface area contributed by atoms with Gasteiger partial charge < -0.3 is 29.6 Å². The van der Waals surface area contributed by atoms with E-state index in [2.05, 4.69) is 32.0 Å². The van der Waals surface area contributed by atoms with E-state index in [9.17, 15) is 5.11 Å². The number of nitrogens with zero attached hydrogens (tertiary/aromatic N) is 3. The molecule has 2 aliphatic rings. The summed E-state index contributed by atoms with van der Waals surface area (Å²) in [5, 5.41) is 13.5. The number of anilines is 1. The van der Waals surface area contributed by atoms with Crippen LogP contribution in [0.25, 0.3) is 11.2 Å². The van der Waals surface area contributed by atoms with Crippen molar-refractivity contribution in [3.63, 3.8) is 0 Å². The molecule has 0 unspecified atom stereocenters. The first-order valence-electron chi connectivity index (χ1n) is 9.21. The number of aliphatic imine (C=N–C) groups is 1. The summed E-state index contributed by atoms with van der Waals surface area (Å²) in [7, 11) is 0. The molecule has 0 bridgehead atoms. The highest BCUT2D eigenvalue weighted by atomic mass is 35.5. The number of aromatic amines is 1. The Bertz CT molecular complexity index is 959. The van der Waals surface area contributed by atoms with Crippen molar-refractivity contribution in [2.24, 2.45) is 4.99 Å². The van der Waals surface area contributed by atoms with Crippen molar-refractivity contribution in [3.8, 4) is 6.01 Å². The minimum absolute atomic E-state index is 0.245. The Morgan fingerprint density at radius 1 is 1.45 bits per heavy atom. The fourth-order valence-corrected chi connectivity index (χ4v) is 3.53. The third kappa shape index (κ3) is 4.27. The van der Waals surface area contributed by atoms with E-state index in [1.165, 1.54) is 0 Å². The van der Waals surface area contributed by atoms with Crippen LogP contribution in [0, 0.1) is 0 Å². The van der Waals surface area contributed by atoms with Gasteiger partial charge in [-0.25, -0.2) is 4.98 Å². The van der Waals surface area contributed by atoms with Gasteiger partial charge in [0, 0.05) is 12.7 Å². The maximum absolute atomic E-state index is 9.83. The molecule has 154 valence electrons. The molecule has 2 aromatic rings. The standard InChI is InChI=1S/C19H22ClN5O4/c1-10(4-3-5-21-2)7-22-17-11(20)6-12-18(24-17)25-19(23-12)29-14-9-28-15-13(26)8-27-16(14)15/h3-6,13-16,26H,2,7-9H2,1H3,(H2,22,23,24,25)/b5-3-,10-4+/t13-,14-,15-,16-/m1/s1. The van der Waals surface area contributed by atoms with Crippen LogP contribution in [0.3, 0.4) is 0 Å². The van der Waals surface area contributed by atoms with Gasteiger partial charge in [0.2, 0.25) is 0 Å². The zero-order valence-electron chi connectivity index (χ0n) is 15.8. The molecule has 29 heavy (non-hydrogen) atoms. The Balaban J connectivity index is 1.45. The number of aliphatic hydroxyl groups excluding tert-OH is 1. The predicted molar refractivity (Wildman–Crippen MR) is 110 cm³/mol. The van der Waals surface area contributed by atoms with Gasteiger partial charge in [0.25, 0.3) is 6.01 Å². The Morgan fingerprint density at radius 2 is 2.28 bits per heavy atom. The summed E-state index contributed by atoms with van der Waals surface area (Å²) in [6.07, 6.45) is 3.70. The van der Waals surface area contributed by atoms with Crippen molar-refractivity contribution < 1.29 is 19.3 Å². The van der Waals surface area contributed by atoms with Gasteiger partial charge >= 0.3 is 0 Å². The van der Waals surface area contributed by atoms with Gasteiger partial charge in [0.1, 0.15) is 24.1 Å². The van der Waals surface area contributed by atoms with Gasteiger partial charge in [0.15, 0.2) is 11.8 Å². The summed E-state index contributed by atoms with van der Waals surface area (Å²) in [4.78, 5) is 15.6. The Hall–Kier alpha value is -2.46. The summed E-state index contributed by atoms with van der Waals surface area (Å²) in [5.41, 5.74) is 2.21. The summed E-state index contributed by atoms with van der Waals surface area (Å²) in [6, 6.07) is 2.05. The number of rotatable bonds is 7. The van der Waals surface area contributed by atoms with E-state index in [1.807, 2.05) is 19.1 Å². The highest BCUT2D eigenvalue weighted by Crippen LogP contribution is 2.30. The molecular formula is C19H22ClN5O4. The number of hydrogen-bond donors (Lipinski definition) is 3. The van der Waals surface area contributed by atoms with Gasteiger partial charge in [-0.15, -0.1) is 0 Å². The average Bonchev–Trinajstić information content (AvgIpc) is 3.37. The second kappa shape index (κ2) is 8.50. The van der Waals surface area contributed by atoms with Gasteiger partial charge in [-0.05, 0) is 25.8 Å². The van der Waals surface area contributed by atoms with Crippen LogP contribution >= 0.6 is 11.6 Å². The van der Waals surface area contributed by atoms with E-state index < -0.39 is 6.10 Å². The van der Waals surface area contributed by atoms with E-state index in [1.54, 1.807) is 12.3 Å². The van der Waals surface area contributed by atoms with Crippen molar-refractivity contribution in [2.75, 3.05) is 25.1 Å². The fourth-order valence-electron chi connectivity index (χ4n) is 3.31. The van der Waals surface area contributed by atoms with Crippen LogP contribution in [0.1, 0.15) is 6.92 Å². The molecule has 3 N–H and O–H groups in total. The molecule has 2 aromatic heterocycles. The maximum atomic E-state index is 9.83. The second-order valence-electron chi connectivity index (χ2n) is 6.94. The number of allylic oxidation sites excluding steroid dienone is 2. The molecule has 0 amide bonds. The van der Waals surface area contributed by atoms with Crippen LogP contribution in [-0.4, -0.2) is 71.0 Å². The number of aromatic nitrogens is 3.